The van der Waals surface area contributed by atoms with E-state index in [-0.39, 0.29) is 11.9 Å². The summed E-state index contributed by atoms with van der Waals surface area (Å²) in [6.45, 7) is 5.59. The van der Waals surface area contributed by atoms with Crippen molar-refractivity contribution in [3.8, 4) is 0 Å². The van der Waals surface area contributed by atoms with Crippen molar-refractivity contribution >= 4 is 17.5 Å². The Balaban J connectivity index is 2.90. The Morgan fingerprint density at radius 1 is 1.50 bits per heavy atom. The molecular formula is C10H13ClN2O. The van der Waals surface area contributed by atoms with Crippen molar-refractivity contribution < 1.29 is 4.79 Å². The maximum atomic E-state index is 11.6. The summed E-state index contributed by atoms with van der Waals surface area (Å²) in [6.07, 6.45) is 0. The largest absolute Gasteiger partial charge is 0.350 e. The van der Waals surface area contributed by atoms with Crippen LogP contribution in [0.15, 0.2) is 12.1 Å². The van der Waals surface area contributed by atoms with E-state index < -0.39 is 0 Å². The van der Waals surface area contributed by atoms with Gasteiger partial charge in [0.05, 0.1) is 11.3 Å². The molecule has 1 amide bonds. The molecule has 0 saturated heterocycles. The second-order valence-corrected chi connectivity index (χ2v) is 3.78. The average Bonchev–Trinajstić information content (AvgIpc) is 2.01. The first-order chi connectivity index (χ1) is 6.50. The van der Waals surface area contributed by atoms with Gasteiger partial charge in [-0.3, -0.25) is 4.79 Å². The molecule has 0 aliphatic heterocycles. The number of halogens is 1. The zero-order valence-corrected chi connectivity index (χ0v) is 9.22. The fourth-order valence-corrected chi connectivity index (χ4v) is 1.30. The molecule has 1 heterocycles. The third-order valence-electron chi connectivity index (χ3n) is 1.72. The molecule has 0 spiro atoms. The molecule has 0 saturated carbocycles. The lowest BCUT2D eigenvalue weighted by atomic mass is 10.2. The molecule has 1 rings (SSSR count). The summed E-state index contributed by atoms with van der Waals surface area (Å²) in [5.41, 5.74) is 1.22. The Kier molecular flexibility index (Phi) is 3.47. The number of hydrogen-bond acceptors (Lipinski definition) is 2. The Morgan fingerprint density at radius 2 is 2.14 bits per heavy atom. The van der Waals surface area contributed by atoms with E-state index in [1.807, 2.05) is 13.8 Å². The molecule has 0 aromatic carbocycles. The molecule has 0 bridgehead atoms. The fourth-order valence-electron chi connectivity index (χ4n) is 1.11. The Hall–Kier alpha value is -1.09. The molecule has 3 nitrogen and oxygen atoms in total. The normalized spacial score (nSPS) is 10.4. The summed E-state index contributed by atoms with van der Waals surface area (Å²) < 4.78 is 0. The van der Waals surface area contributed by atoms with E-state index in [1.165, 1.54) is 0 Å². The zero-order valence-electron chi connectivity index (χ0n) is 8.47. The first-order valence-corrected chi connectivity index (χ1v) is 4.82. The van der Waals surface area contributed by atoms with Gasteiger partial charge in [-0.25, -0.2) is 4.98 Å². The highest BCUT2D eigenvalue weighted by Crippen LogP contribution is 2.10. The van der Waals surface area contributed by atoms with Gasteiger partial charge in [0.25, 0.3) is 5.91 Å². The predicted octanol–water partition coefficient (Wildman–Crippen LogP) is 2.18. The van der Waals surface area contributed by atoms with Crippen molar-refractivity contribution in [2.75, 3.05) is 0 Å². The van der Waals surface area contributed by atoms with Gasteiger partial charge in [0.1, 0.15) is 5.15 Å². The standard InChI is InChI=1S/C10H13ClN2O/c1-6(2)12-10(14)8-4-5-9(11)13-7(8)3/h4-6H,1-3H3,(H,12,14). The van der Waals surface area contributed by atoms with Crippen LogP contribution in [0.2, 0.25) is 5.15 Å². The van der Waals surface area contributed by atoms with E-state index in [2.05, 4.69) is 10.3 Å². The number of aromatic nitrogens is 1. The zero-order chi connectivity index (χ0) is 10.7. The first-order valence-electron chi connectivity index (χ1n) is 4.44. The van der Waals surface area contributed by atoms with E-state index in [4.69, 9.17) is 11.6 Å². The van der Waals surface area contributed by atoms with Crippen LogP contribution < -0.4 is 5.32 Å². The number of rotatable bonds is 2. The van der Waals surface area contributed by atoms with Crippen LogP contribution in [0.3, 0.4) is 0 Å². The van der Waals surface area contributed by atoms with Crippen molar-refractivity contribution in [3.05, 3.63) is 28.5 Å². The highest BCUT2D eigenvalue weighted by Gasteiger charge is 2.10. The van der Waals surface area contributed by atoms with Gasteiger partial charge >= 0.3 is 0 Å². The van der Waals surface area contributed by atoms with Crippen LogP contribution in [0.5, 0.6) is 0 Å². The topological polar surface area (TPSA) is 42.0 Å². The van der Waals surface area contributed by atoms with Crippen molar-refractivity contribution in [3.63, 3.8) is 0 Å². The maximum Gasteiger partial charge on any atom is 0.253 e. The number of nitrogens with one attached hydrogen (secondary N) is 1. The quantitative estimate of drug-likeness (QED) is 0.764. The van der Waals surface area contributed by atoms with Crippen molar-refractivity contribution in [1.82, 2.24) is 10.3 Å². The van der Waals surface area contributed by atoms with Crippen LogP contribution in [0.25, 0.3) is 0 Å². The average molecular weight is 213 g/mol. The molecule has 0 aliphatic carbocycles. The van der Waals surface area contributed by atoms with E-state index in [0.717, 1.165) is 0 Å². The van der Waals surface area contributed by atoms with E-state index in [0.29, 0.717) is 16.4 Å². The molecule has 0 radical (unpaired) electrons. The lowest BCUT2D eigenvalue weighted by molar-refractivity contribution is 0.0942. The minimum Gasteiger partial charge on any atom is -0.350 e. The number of pyridine rings is 1. The van der Waals surface area contributed by atoms with Crippen LogP contribution in [-0.4, -0.2) is 16.9 Å². The van der Waals surface area contributed by atoms with Gasteiger partial charge in [-0.2, -0.15) is 0 Å². The molecule has 1 aromatic heterocycles. The fraction of sp³-hybridized carbons (Fsp3) is 0.400. The summed E-state index contributed by atoms with van der Waals surface area (Å²) in [5, 5.41) is 3.20. The number of carbonyl (C=O) groups is 1. The molecule has 0 fully saturated rings. The highest BCUT2D eigenvalue weighted by molar-refractivity contribution is 6.29. The molecule has 76 valence electrons. The molecular weight excluding hydrogens is 200 g/mol. The van der Waals surface area contributed by atoms with Gasteiger partial charge in [-0.15, -0.1) is 0 Å². The van der Waals surface area contributed by atoms with Crippen molar-refractivity contribution in [2.45, 2.75) is 26.8 Å². The highest BCUT2D eigenvalue weighted by atomic mass is 35.5. The Labute approximate surface area is 88.5 Å². The minimum atomic E-state index is -0.110. The minimum absolute atomic E-state index is 0.110. The van der Waals surface area contributed by atoms with Gasteiger partial charge in [-0.05, 0) is 32.9 Å². The SMILES string of the molecule is Cc1nc(Cl)ccc1C(=O)NC(C)C. The Bertz CT molecular complexity index is 350. The predicted molar refractivity (Wildman–Crippen MR) is 56.6 cm³/mol. The number of carbonyl (C=O) groups excluding carboxylic acids is 1. The van der Waals surface area contributed by atoms with Gasteiger partial charge in [0.2, 0.25) is 0 Å². The third kappa shape index (κ3) is 2.70. The number of nitrogens with zero attached hydrogens (tertiary/aromatic N) is 1. The summed E-state index contributed by atoms with van der Waals surface area (Å²) in [5.74, 6) is -0.110. The lowest BCUT2D eigenvalue weighted by Gasteiger charge is -2.09. The number of hydrogen-bond donors (Lipinski definition) is 1. The maximum absolute atomic E-state index is 11.6. The molecule has 14 heavy (non-hydrogen) atoms. The van der Waals surface area contributed by atoms with Crippen LogP contribution in [-0.2, 0) is 0 Å². The molecule has 0 atom stereocenters. The first kappa shape index (κ1) is 11.0. The molecule has 1 aromatic rings. The summed E-state index contributed by atoms with van der Waals surface area (Å²) in [4.78, 5) is 15.6. The molecule has 0 aliphatic rings. The summed E-state index contributed by atoms with van der Waals surface area (Å²) >= 11 is 5.68. The van der Waals surface area contributed by atoms with Crippen LogP contribution in [0.4, 0.5) is 0 Å². The summed E-state index contributed by atoms with van der Waals surface area (Å²) in [7, 11) is 0. The second kappa shape index (κ2) is 4.42. The third-order valence-corrected chi connectivity index (χ3v) is 1.93. The lowest BCUT2D eigenvalue weighted by Crippen LogP contribution is -2.30. The monoisotopic (exact) mass is 212 g/mol. The van der Waals surface area contributed by atoms with E-state index >= 15 is 0 Å². The summed E-state index contributed by atoms with van der Waals surface area (Å²) in [6, 6.07) is 3.42. The van der Waals surface area contributed by atoms with Crippen molar-refractivity contribution in [1.29, 1.82) is 0 Å². The van der Waals surface area contributed by atoms with E-state index in [1.54, 1.807) is 19.1 Å². The second-order valence-electron chi connectivity index (χ2n) is 3.40. The van der Waals surface area contributed by atoms with Gasteiger partial charge in [-0.1, -0.05) is 11.6 Å². The molecule has 1 N–H and O–H groups in total. The van der Waals surface area contributed by atoms with Gasteiger partial charge in [0, 0.05) is 6.04 Å². The van der Waals surface area contributed by atoms with Gasteiger partial charge < -0.3 is 5.32 Å². The molecule has 4 heteroatoms. The van der Waals surface area contributed by atoms with E-state index in [9.17, 15) is 4.79 Å². The Morgan fingerprint density at radius 3 is 2.64 bits per heavy atom. The number of aryl methyl sites for hydroxylation is 1. The van der Waals surface area contributed by atoms with Crippen LogP contribution in [0.1, 0.15) is 29.9 Å². The van der Waals surface area contributed by atoms with Crippen LogP contribution in [0, 0.1) is 6.92 Å². The van der Waals surface area contributed by atoms with Crippen molar-refractivity contribution in [2.24, 2.45) is 0 Å². The smallest absolute Gasteiger partial charge is 0.253 e. The number of amides is 1. The van der Waals surface area contributed by atoms with Gasteiger partial charge in [0.15, 0.2) is 0 Å². The van der Waals surface area contributed by atoms with Crippen LogP contribution >= 0.6 is 11.6 Å². The molecule has 0 unspecified atom stereocenters.